The zero-order chi connectivity index (χ0) is 13.9. The Morgan fingerprint density at radius 3 is 2.58 bits per heavy atom. The second-order valence-corrected chi connectivity index (χ2v) is 5.95. The van der Waals surface area contributed by atoms with Gasteiger partial charge in [0.05, 0.1) is 5.60 Å². The van der Waals surface area contributed by atoms with Crippen LogP contribution in [0.25, 0.3) is 0 Å². The first-order valence-electron chi connectivity index (χ1n) is 7.23. The molecule has 0 spiro atoms. The molecule has 0 saturated carbocycles. The molecule has 1 aliphatic rings. The summed E-state index contributed by atoms with van der Waals surface area (Å²) in [4.78, 5) is 2.44. The van der Waals surface area contributed by atoms with Crippen LogP contribution in [0.2, 0.25) is 0 Å². The lowest BCUT2D eigenvalue weighted by Crippen LogP contribution is -2.49. The van der Waals surface area contributed by atoms with Crippen LogP contribution >= 0.6 is 0 Å². The fourth-order valence-electron chi connectivity index (χ4n) is 2.75. The van der Waals surface area contributed by atoms with Crippen LogP contribution in [0, 0.1) is 13.8 Å². The molecule has 1 saturated heterocycles. The molecule has 0 amide bonds. The van der Waals surface area contributed by atoms with Gasteiger partial charge in [0, 0.05) is 26.2 Å². The summed E-state index contributed by atoms with van der Waals surface area (Å²) >= 11 is 0. The van der Waals surface area contributed by atoms with Gasteiger partial charge in [0.25, 0.3) is 0 Å². The van der Waals surface area contributed by atoms with Crippen molar-refractivity contribution in [1.82, 2.24) is 4.90 Å². The Hall–Kier alpha value is -0.900. The molecule has 1 aliphatic heterocycles. The van der Waals surface area contributed by atoms with Crippen molar-refractivity contribution in [3.8, 4) is 0 Å². The molecular weight excluding hydrogens is 236 g/mol. The van der Waals surface area contributed by atoms with Crippen LogP contribution in [0.3, 0.4) is 0 Å². The van der Waals surface area contributed by atoms with Crippen molar-refractivity contribution in [2.45, 2.75) is 38.7 Å². The second-order valence-electron chi connectivity index (χ2n) is 5.95. The van der Waals surface area contributed by atoms with Gasteiger partial charge in [0.15, 0.2) is 0 Å². The van der Waals surface area contributed by atoms with E-state index in [0.29, 0.717) is 6.54 Å². The standard InChI is InChI=1S/C16H26N2O/c1-13-3-4-14(2)15(11-13)5-8-18-9-6-16(19,12-17)7-10-18/h3-4,11,19H,5-10,12,17H2,1-2H3. The Balaban J connectivity index is 1.85. The number of aryl methyl sites for hydroxylation is 2. The zero-order valence-corrected chi connectivity index (χ0v) is 12.2. The average Bonchev–Trinajstić information content (AvgIpc) is 2.42. The summed E-state index contributed by atoms with van der Waals surface area (Å²) in [6.45, 7) is 7.70. The van der Waals surface area contributed by atoms with Gasteiger partial charge in [0.2, 0.25) is 0 Å². The predicted octanol–water partition coefficient (Wildman–Crippen LogP) is 1.63. The Morgan fingerprint density at radius 2 is 1.95 bits per heavy atom. The van der Waals surface area contributed by atoms with Gasteiger partial charge < -0.3 is 15.7 Å². The number of rotatable bonds is 4. The molecule has 1 fully saturated rings. The number of benzene rings is 1. The van der Waals surface area contributed by atoms with Crippen molar-refractivity contribution in [3.63, 3.8) is 0 Å². The Labute approximate surface area is 116 Å². The molecular formula is C16H26N2O. The molecule has 0 aromatic heterocycles. The lowest BCUT2D eigenvalue weighted by Gasteiger charge is -2.37. The van der Waals surface area contributed by atoms with Crippen LogP contribution in [-0.4, -0.2) is 41.8 Å². The van der Waals surface area contributed by atoms with Crippen molar-refractivity contribution < 1.29 is 5.11 Å². The molecule has 0 atom stereocenters. The lowest BCUT2D eigenvalue weighted by atomic mass is 9.91. The molecule has 0 unspecified atom stereocenters. The van der Waals surface area contributed by atoms with E-state index >= 15 is 0 Å². The number of piperidine rings is 1. The third kappa shape index (κ3) is 3.78. The van der Waals surface area contributed by atoms with E-state index in [1.165, 1.54) is 16.7 Å². The smallest absolute Gasteiger partial charge is 0.0793 e. The highest BCUT2D eigenvalue weighted by atomic mass is 16.3. The van der Waals surface area contributed by atoms with E-state index in [-0.39, 0.29) is 0 Å². The highest BCUT2D eigenvalue weighted by Gasteiger charge is 2.30. The van der Waals surface area contributed by atoms with Gasteiger partial charge in [-0.2, -0.15) is 0 Å². The summed E-state index contributed by atoms with van der Waals surface area (Å²) in [5.41, 5.74) is 9.15. The van der Waals surface area contributed by atoms with Gasteiger partial charge >= 0.3 is 0 Å². The van der Waals surface area contributed by atoms with Crippen molar-refractivity contribution in [1.29, 1.82) is 0 Å². The number of nitrogens with zero attached hydrogens (tertiary/aromatic N) is 1. The first kappa shape index (κ1) is 14.5. The summed E-state index contributed by atoms with van der Waals surface area (Å²) < 4.78 is 0. The first-order valence-corrected chi connectivity index (χ1v) is 7.23. The largest absolute Gasteiger partial charge is 0.388 e. The van der Waals surface area contributed by atoms with Crippen molar-refractivity contribution in [2.75, 3.05) is 26.2 Å². The molecule has 3 N–H and O–H groups in total. The number of hydrogen-bond donors (Lipinski definition) is 2. The van der Waals surface area contributed by atoms with Crippen LogP contribution in [0.15, 0.2) is 18.2 Å². The maximum atomic E-state index is 10.1. The van der Waals surface area contributed by atoms with Gasteiger partial charge in [-0.25, -0.2) is 0 Å². The van der Waals surface area contributed by atoms with Crippen molar-refractivity contribution in [3.05, 3.63) is 34.9 Å². The van der Waals surface area contributed by atoms with E-state index in [9.17, 15) is 5.11 Å². The molecule has 19 heavy (non-hydrogen) atoms. The van der Waals surface area contributed by atoms with E-state index in [1.807, 2.05) is 0 Å². The van der Waals surface area contributed by atoms with Crippen LogP contribution in [0.5, 0.6) is 0 Å². The maximum absolute atomic E-state index is 10.1. The van der Waals surface area contributed by atoms with Crippen molar-refractivity contribution in [2.24, 2.45) is 5.73 Å². The summed E-state index contributed by atoms with van der Waals surface area (Å²) in [5, 5.41) is 10.1. The lowest BCUT2D eigenvalue weighted by molar-refractivity contribution is -0.0130. The Kier molecular flexibility index (Phi) is 4.61. The number of hydrogen-bond acceptors (Lipinski definition) is 3. The van der Waals surface area contributed by atoms with Crippen LogP contribution in [0.4, 0.5) is 0 Å². The normalized spacial score (nSPS) is 19.6. The monoisotopic (exact) mass is 262 g/mol. The number of aliphatic hydroxyl groups is 1. The Morgan fingerprint density at radius 1 is 1.26 bits per heavy atom. The second kappa shape index (κ2) is 6.04. The highest BCUT2D eigenvalue weighted by molar-refractivity contribution is 5.30. The van der Waals surface area contributed by atoms with Gasteiger partial charge in [-0.1, -0.05) is 23.8 Å². The molecule has 0 aliphatic carbocycles. The van der Waals surface area contributed by atoms with E-state index in [0.717, 1.165) is 38.9 Å². The average molecular weight is 262 g/mol. The number of nitrogens with two attached hydrogens (primary N) is 1. The van der Waals surface area contributed by atoms with Gasteiger partial charge in [-0.15, -0.1) is 0 Å². The number of likely N-dealkylation sites (tertiary alicyclic amines) is 1. The minimum Gasteiger partial charge on any atom is -0.388 e. The highest BCUT2D eigenvalue weighted by Crippen LogP contribution is 2.21. The maximum Gasteiger partial charge on any atom is 0.0793 e. The zero-order valence-electron chi connectivity index (χ0n) is 12.2. The molecule has 1 heterocycles. The van der Waals surface area contributed by atoms with Crippen LogP contribution < -0.4 is 5.73 Å². The molecule has 1 aromatic rings. The SMILES string of the molecule is Cc1ccc(C)c(CCN2CCC(O)(CN)CC2)c1. The van der Waals surface area contributed by atoms with Crippen LogP contribution in [0.1, 0.15) is 29.5 Å². The quantitative estimate of drug-likeness (QED) is 0.867. The van der Waals surface area contributed by atoms with Crippen molar-refractivity contribution >= 4 is 0 Å². The van der Waals surface area contributed by atoms with Gasteiger partial charge in [-0.05, 0) is 44.2 Å². The molecule has 3 heteroatoms. The van der Waals surface area contributed by atoms with Gasteiger partial charge in [0.1, 0.15) is 0 Å². The molecule has 106 valence electrons. The fraction of sp³-hybridized carbons (Fsp3) is 0.625. The van der Waals surface area contributed by atoms with E-state index in [4.69, 9.17) is 5.73 Å². The van der Waals surface area contributed by atoms with E-state index in [1.54, 1.807) is 0 Å². The summed E-state index contributed by atoms with van der Waals surface area (Å²) in [6.07, 6.45) is 2.70. The first-order chi connectivity index (χ1) is 9.02. The third-order valence-corrected chi connectivity index (χ3v) is 4.37. The molecule has 0 bridgehead atoms. The molecule has 0 radical (unpaired) electrons. The Bertz CT molecular complexity index is 423. The summed E-state index contributed by atoms with van der Waals surface area (Å²) in [7, 11) is 0. The topological polar surface area (TPSA) is 49.5 Å². The molecule has 3 nitrogen and oxygen atoms in total. The molecule has 1 aromatic carbocycles. The fourth-order valence-corrected chi connectivity index (χ4v) is 2.75. The minimum absolute atomic E-state index is 0.387. The van der Waals surface area contributed by atoms with Crippen LogP contribution in [-0.2, 0) is 6.42 Å². The van der Waals surface area contributed by atoms with E-state index < -0.39 is 5.60 Å². The predicted molar refractivity (Wildman–Crippen MR) is 79.3 cm³/mol. The molecule has 2 rings (SSSR count). The minimum atomic E-state index is -0.615. The summed E-state index contributed by atoms with van der Waals surface area (Å²) in [6, 6.07) is 6.66. The third-order valence-electron chi connectivity index (χ3n) is 4.37. The van der Waals surface area contributed by atoms with E-state index in [2.05, 4.69) is 36.9 Å². The van der Waals surface area contributed by atoms with Gasteiger partial charge in [-0.3, -0.25) is 0 Å². The summed E-state index contributed by atoms with van der Waals surface area (Å²) in [5.74, 6) is 0.